The predicted octanol–water partition coefficient (Wildman–Crippen LogP) is 2.92. The van der Waals surface area contributed by atoms with Gasteiger partial charge in [0.15, 0.2) is 0 Å². The molecular formula is C20H25N5O2. The average molecular weight is 367 g/mol. The maximum Gasteiger partial charge on any atom is 0.274 e. The summed E-state index contributed by atoms with van der Waals surface area (Å²) in [6.07, 6.45) is 6.41. The van der Waals surface area contributed by atoms with Crippen molar-refractivity contribution in [3.8, 4) is 0 Å². The summed E-state index contributed by atoms with van der Waals surface area (Å²) in [4.78, 5) is 23.4. The van der Waals surface area contributed by atoms with E-state index in [1.54, 1.807) is 12.3 Å². The highest BCUT2D eigenvalue weighted by Gasteiger charge is 2.16. The molecule has 0 bridgehead atoms. The molecule has 1 atom stereocenters. The molecule has 7 nitrogen and oxygen atoms in total. The Morgan fingerprint density at radius 3 is 2.70 bits per heavy atom. The van der Waals surface area contributed by atoms with Gasteiger partial charge in [-0.3, -0.25) is 4.79 Å². The first kappa shape index (κ1) is 17.7. The van der Waals surface area contributed by atoms with E-state index < -0.39 is 0 Å². The van der Waals surface area contributed by atoms with Crippen LogP contribution in [-0.4, -0.2) is 48.2 Å². The molecule has 2 saturated heterocycles. The first-order valence-corrected chi connectivity index (χ1v) is 9.63. The van der Waals surface area contributed by atoms with Gasteiger partial charge in [-0.25, -0.2) is 9.97 Å². The number of ether oxygens (including phenoxy) is 1. The fourth-order valence-electron chi connectivity index (χ4n) is 3.51. The molecule has 2 aromatic rings. The zero-order valence-corrected chi connectivity index (χ0v) is 15.4. The SMILES string of the molecule is O=C(Nc1ccc(N2CCCC2)cc1)c1ccnc(NCC2CCCO2)n1. The van der Waals surface area contributed by atoms with Crippen molar-refractivity contribution in [3.63, 3.8) is 0 Å². The van der Waals surface area contributed by atoms with E-state index in [0.29, 0.717) is 18.2 Å². The van der Waals surface area contributed by atoms with Gasteiger partial charge in [-0.05, 0) is 56.0 Å². The normalized spacial score (nSPS) is 19.3. The summed E-state index contributed by atoms with van der Waals surface area (Å²) in [6, 6.07) is 9.59. The number of carbonyl (C=O) groups excluding carboxylic acids is 1. The van der Waals surface area contributed by atoms with Crippen LogP contribution in [0.15, 0.2) is 36.5 Å². The molecule has 0 spiro atoms. The number of nitrogens with zero attached hydrogens (tertiary/aromatic N) is 3. The Morgan fingerprint density at radius 2 is 1.96 bits per heavy atom. The third-order valence-corrected chi connectivity index (χ3v) is 5.00. The quantitative estimate of drug-likeness (QED) is 0.817. The van der Waals surface area contributed by atoms with Crippen molar-refractivity contribution >= 4 is 23.2 Å². The Labute approximate surface area is 159 Å². The van der Waals surface area contributed by atoms with E-state index in [9.17, 15) is 4.79 Å². The van der Waals surface area contributed by atoms with Crippen LogP contribution >= 0.6 is 0 Å². The van der Waals surface area contributed by atoms with Gasteiger partial charge in [-0.1, -0.05) is 0 Å². The van der Waals surface area contributed by atoms with Gasteiger partial charge in [0.2, 0.25) is 5.95 Å². The monoisotopic (exact) mass is 367 g/mol. The maximum atomic E-state index is 12.5. The molecule has 0 radical (unpaired) electrons. The number of anilines is 3. The van der Waals surface area contributed by atoms with Crippen LogP contribution in [-0.2, 0) is 4.74 Å². The van der Waals surface area contributed by atoms with Crippen LogP contribution in [0.1, 0.15) is 36.2 Å². The van der Waals surface area contributed by atoms with Crippen LogP contribution in [0.2, 0.25) is 0 Å². The van der Waals surface area contributed by atoms with Gasteiger partial charge in [0.25, 0.3) is 5.91 Å². The van der Waals surface area contributed by atoms with Gasteiger partial charge in [0.05, 0.1) is 6.10 Å². The number of carbonyl (C=O) groups is 1. The minimum absolute atomic E-state index is 0.195. The molecule has 2 fully saturated rings. The standard InChI is InChI=1S/C20H25N5O2/c26-19(23-15-5-7-16(8-6-15)25-11-1-2-12-25)18-9-10-21-20(24-18)22-14-17-4-3-13-27-17/h5-10,17H,1-4,11-14H2,(H,23,26)(H,21,22,24). The summed E-state index contributed by atoms with van der Waals surface area (Å²) in [6.45, 7) is 3.68. The summed E-state index contributed by atoms with van der Waals surface area (Å²) >= 11 is 0. The zero-order chi connectivity index (χ0) is 18.5. The van der Waals surface area contributed by atoms with Crippen molar-refractivity contribution in [2.24, 2.45) is 0 Å². The fourth-order valence-corrected chi connectivity index (χ4v) is 3.51. The second-order valence-corrected chi connectivity index (χ2v) is 6.98. The first-order chi connectivity index (χ1) is 13.3. The van der Waals surface area contributed by atoms with Gasteiger partial charge in [0.1, 0.15) is 5.69 Å². The lowest BCUT2D eigenvalue weighted by Crippen LogP contribution is -2.21. The molecule has 142 valence electrons. The van der Waals surface area contributed by atoms with Gasteiger partial charge < -0.3 is 20.3 Å². The fraction of sp³-hybridized carbons (Fsp3) is 0.450. The molecule has 4 rings (SSSR count). The molecule has 1 unspecified atom stereocenters. The zero-order valence-electron chi connectivity index (χ0n) is 15.4. The Kier molecular flexibility index (Phi) is 5.48. The van der Waals surface area contributed by atoms with Crippen LogP contribution in [0.5, 0.6) is 0 Å². The van der Waals surface area contributed by atoms with Crippen molar-refractivity contribution in [1.29, 1.82) is 0 Å². The number of aromatic nitrogens is 2. The summed E-state index contributed by atoms with van der Waals surface area (Å²) in [5.74, 6) is 0.203. The smallest absolute Gasteiger partial charge is 0.274 e. The Hall–Kier alpha value is -2.67. The molecule has 1 amide bonds. The third kappa shape index (κ3) is 4.54. The van der Waals surface area contributed by atoms with E-state index in [0.717, 1.165) is 38.2 Å². The molecule has 0 saturated carbocycles. The van der Waals surface area contributed by atoms with E-state index in [1.165, 1.54) is 18.5 Å². The summed E-state index contributed by atoms with van der Waals surface area (Å²) in [7, 11) is 0. The van der Waals surface area contributed by atoms with E-state index >= 15 is 0 Å². The van der Waals surface area contributed by atoms with E-state index in [4.69, 9.17) is 4.74 Å². The molecule has 7 heteroatoms. The number of nitrogens with one attached hydrogen (secondary N) is 2. The van der Waals surface area contributed by atoms with Crippen molar-refractivity contribution in [3.05, 3.63) is 42.2 Å². The molecule has 2 N–H and O–H groups in total. The van der Waals surface area contributed by atoms with E-state index in [1.807, 2.05) is 12.1 Å². The van der Waals surface area contributed by atoms with E-state index in [2.05, 4.69) is 37.6 Å². The largest absolute Gasteiger partial charge is 0.376 e. The second-order valence-electron chi connectivity index (χ2n) is 6.98. The Balaban J connectivity index is 1.35. The number of rotatable bonds is 6. The summed E-state index contributed by atoms with van der Waals surface area (Å²) in [5.41, 5.74) is 2.30. The number of hydrogen-bond donors (Lipinski definition) is 2. The highest BCUT2D eigenvalue weighted by molar-refractivity contribution is 6.03. The highest BCUT2D eigenvalue weighted by atomic mass is 16.5. The average Bonchev–Trinajstić information content (AvgIpc) is 3.41. The van der Waals surface area contributed by atoms with Crippen molar-refractivity contribution < 1.29 is 9.53 Å². The molecule has 3 heterocycles. The lowest BCUT2D eigenvalue weighted by molar-refractivity contribution is 0.102. The molecule has 1 aromatic heterocycles. The van der Waals surface area contributed by atoms with Crippen LogP contribution in [0, 0.1) is 0 Å². The van der Waals surface area contributed by atoms with Gasteiger partial charge in [-0.15, -0.1) is 0 Å². The van der Waals surface area contributed by atoms with Crippen LogP contribution in [0.4, 0.5) is 17.3 Å². The minimum atomic E-state index is -0.244. The number of benzene rings is 1. The molecular weight excluding hydrogens is 342 g/mol. The predicted molar refractivity (Wildman–Crippen MR) is 105 cm³/mol. The van der Waals surface area contributed by atoms with Crippen LogP contribution in [0.3, 0.4) is 0 Å². The van der Waals surface area contributed by atoms with Crippen molar-refractivity contribution in [1.82, 2.24) is 9.97 Å². The van der Waals surface area contributed by atoms with Crippen LogP contribution < -0.4 is 15.5 Å². The third-order valence-electron chi connectivity index (χ3n) is 5.00. The molecule has 27 heavy (non-hydrogen) atoms. The van der Waals surface area contributed by atoms with E-state index in [-0.39, 0.29) is 12.0 Å². The molecule has 2 aliphatic heterocycles. The lowest BCUT2D eigenvalue weighted by Gasteiger charge is -2.17. The summed E-state index contributed by atoms with van der Waals surface area (Å²) < 4.78 is 5.58. The van der Waals surface area contributed by atoms with Crippen LogP contribution in [0.25, 0.3) is 0 Å². The van der Waals surface area contributed by atoms with Gasteiger partial charge in [-0.2, -0.15) is 0 Å². The number of hydrogen-bond acceptors (Lipinski definition) is 6. The minimum Gasteiger partial charge on any atom is -0.376 e. The molecule has 2 aliphatic rings. The Morgan fingerprint density at radius 1 is 1.15 bits per heavy atom. The summed E-state index contributed by atoms with van der Waals surface area (Å²) in [5, 5.41) is 6.05. The topological polar surface area (TPSA) is 79.4 Å². The maximum absolute atomic E-state index is 12.5. The Bertz CT molecular complexity index is 768. The second kappa shape index (κ2) is 8.35. The van der Waals surface area contributed by atoms with Crippen molar-refractivity contribution in [2.75, 3.05) is 41.8 Å². The van der Waals surface area contributed by atoms with Gasteiger partial charge in [0, 0.05) is 43.8 Å². The van der Waals surface area contributed by atoms with Crippen molar-refractivity contribution in [2.45, 2.75) is 31.8 Å². The highest BCUT2D eigenvalue weighted by Crippen LogP contribution is 2.22. The molecule has 0 aliphatic carbocycles. The van der Waals surface area contributed by atoms with Gasteiger partial charge >= 0.3 is 0 Å². The first-order valence-electron chi connectivity index (χ1n) is 9.63. The number of amides is 1. The lowest BCUT2D eigenvalue weighted by atomic mass is 10.2. The molecule has 1 aromatic carbocycles.